The summed E-state index contributed by atoms with van der Waals surface area (Å²) in [6, 6.07) is 5.35. The van der Waals surface area contributed by atoms with Gasteiger partial charge in [-0.2, -0.15) is 0 Å². The Morgan fingerprint density at radius 2 is 2.07 bits per heavy atom. The zero-order chi connectivity index (χ0) is 11.1. The van der Waals surface area contributed by atoms with E-state index in [4.69, 9.17) is 5.11 Å². The van der Waals surface area contributed by atoms with Crippen LogP contribution in [0.4, 0.5) is 0 Å². The predicted molar refractivity (Wildman–Crippen MR) is 58.0 cm³/mol. The Bertz CT molecular complexity index is 527. The molecule has 0 fully saturated rings. The van der Waals surface area contributed by atoms with E-state index in [2.05, 4.69) is 0 Å². The minimum atomic E-state index is -3.33. The predicted octanol–water partition coefficient (Wildman–Crippen LogP) is 1.51. The minimum Gasteiger partial charge on any atom is -0.396 e. The molecule has 0 amide bonds. The second-order valence-corrected chi connectivity index (χ2v) is 5.60. The van der Waals surface area contributed by atoms with Gasteiger partial charge in [-0.25, -0.2) is 8.42 Å². The van der Waals surface area contributed by atoms with E-state index in [1.165, 1.54) is 0 Å². The van der Waals surface area contributed by atoms with Gasteiger partial charge in [0, 0.05) is 13.0 Å². The van der Waals surface area contributed by atoms with Crippen molar-refractivity contribution in [2.45, 2.75) is 18.2 Å². The summed E-state index contributed by atoms with van der Waals surface area (Å²) in [6.07, 6.45) is 1.83. The van der Waals surface area contributed by atoms with Gasteiger partial charge in [-0.1, -0.05) is 12.1 Å². The molecule has 0 radical (unpaired) electrons. The largest absolute Gasteiger partial charge is 0.396 e. The van der Waals surface area contributed by atoms with Crippen LogP contribution in [-0.2, 0) is 9.84 Å². The third kappa shape index (κ3) is 1.60. The van der Waals surface area contributed by atoms with Crippen LogP contribution >= 0.6 is 0 Å². The molecule has 0 spiro atoms. The molecule has 0 aliphatic carbocycles. The van der Waals surface area contributed by atoms with Crippen LogP contribution in [0.1, 0.15) is 17.5 Å². The number of hydrogen-bond donors (Lipinski definition) is 1. The maximum Gasteiger partial charge on any atom is 0.203 e. The molecular weight excluding hydrogens is 212 g/mol. The Morgan fingerprint density at radius 3 is 2.73 bits per heavy atom. The van der Waals surface area contributed by atoms with Crippen molar-refractivity contribution >= 4 is 15.9 Å². The molecule has 0 saturated carbocycles. The van der Waals surface area contributed by atoms with Gasteiger partial charge in [0.1, 0.15) is 0 Å². The van der Waals surface area contributed by atoms with Crippen molar-refractivity contribution in [3.8, 4) is 0 Å². The minimum absolute atomic E-state index is 0.141. The summed E-state index contributed by atoms with van der Waals surface area (Å²) in [5.41, 5.74) is 1.65. The summed E-state index contributed by atoms with van der Waals surface area (Å²) < 4.78 is 23.9. The number of benzene rings is 1. The molecule has 0 bridgehead atoms. The first kappa shape index (κ1) is 10.4. The number of sulfone groups is 1. The van der Waals surface area contributed by atoms with Gasteiger partial charge in [0.25, 0.3) is 0 Å². The molecule has 1 heterocycles. The first-order chi connectivity index (χ1) is 7.05. The molecule has 0 aromatic heterocycles. The summed E-state index contributed by atoms with van der Waals surface area (Å²) in [5.74, 6) is 0. The van der Waals surface area contributed by atoms with Crippen LogP contribution in [-0.4, -0.2) is 20.1 Å². The molecule has 4 heteroatoms. The first-order valence-corrected chi connectivity index (χ1v) is 6.21. The van der Waals surface area contributed by atoms with Crippen LogP contribution in [0.5, 0.6) is 0 Å². The number of aryl methyl sites for hydroxylation is 1. The van der Waals surface area contributed by atoms with Crippen molar-refractivity contribution < 1.29 is 13.5 Å². The second-order valence-electron chi connectivity index (χ2n) is 3.63. The van der Waals surface area contributed by atoms with Crippen molar-refractivity contribution in [3.05, 3.63) is 34.2 Å². The fourth-order valence-electron chi connectivity index (χ4n) is 1.70. The van der Waals surface area contributed by atoms with Crippen LogP contribution in [0, 0.1) is 6.92 Å². The number of aliphatic hydroxyl groups is 1. The quantitative estimate of drug-likeness (QED) is 0.828. The van der Waals surface area contributed by atoms with Gasteiger partial charge in [-0.05, 0) is 30.2 Å². The molecule has 0 unspecified atom stereocenters. The summed E-state index contributed by atoms with van der Waals surface area (Å²) in [6.45, 7) is 1.72. The summed E-state index contributed by atoms with van der Waals surface area (Å²) in [7, 11) is -3.33. The topological polar surface area (TPSA) is 54.4 Å². The van der Waals surface area contributed by atoms with E-state index in [1.54, 1.807) is 18.2 Å². The fraction of sp³-hybridized carbons (Fsp3) is 0.273. The monoisotopic (exact) mass is 224 g/mol. The fourth-order valence-corrected chi connectivity index (χ4v) is 3.41. The van der Waals surface area contributed by atoms with Gasteiger partial charge >= 0.3 is 0 Å². The Morgan fingerprint density at radius 1 is 1.33 bits per heavy atom. The van der Waals surface area contributed by atoms with Crippen LogP contribution in [0.25, 0.3) is 6.08 Å². The average molecular weight is 224 g/mol. The Kier molecular flexibility index (Phi) is 2.40. The molecule has 1 aliphatic heterocycles. The van der Waals surface area contributed by atoms with Crippen LogP contribution in [0.2, 0.25) is 0 Å². The molecule has 0 atom stereocenters. The highest BCUT2D eigenvalue weighted by Gasteiger charge is 2.28. The Balaban J connectivity index is 2.58. The van der Waals surface area contributed by atoms with Crippen molar-refractivity contribution in [2.24, 2.45) is 0 Å². The highest BCUT2D eigenvalue weighted by Crippen LogP contribution is 2.34. The molecule has 3 nitrogen and oxygen atoms in total. The third-order valence-electron chi connectivity index (χ3n) is 2.48. The SMILES string of the molecule is Cc1ccc2c(c1)S(=O)(=O)C(CCO)=C2. The molecule has 1 aliphatic rings. The van der Waals surface area contributed by atoms with Crippen molar-refractivity contribution in [2.75, 3.05) is 6.61 Å². The molecule has 1 N–H and O–H groups in total. The summed E-state index contributed by atoms with van der Waals surface area (Å²) in [5, 5.41) is 8.79. The Labute approximate surface area is 89.0 Å². The second kappa shape index (κ2) is 3.47. The summed E-state index contributed by atoms with van der Waals surface area (Å²) >= 11 is 0. The highest BCUT2D eigenvalue weighted by molar-refractivity contribution is 7.95. The molecule has 1 aromatic rings. The smallest absolute Gasteiger partial charge is 0.203 e. The zero-order valence-electron chi connectivity index (χ0n) is 8.40. The van der Waals surface area contributed by atoms with E-state index < -0.39 is 9.84 Å². The zero-order valence-corrected chi connectivity index (χ0v) is 9.21. The van der Waals surface area contributed by atoms with Crippen molar-refractivity contribution in [1.29, 1.82) is 0 Å². The van der Waals surface area contributed by atoms with Crippen LogP contribution in [0.3, 0.4) is 0 Å². The molecule has 80 valence electrons. The van der Waals surface area contributed by atoms with Crippen LogP contribution in [0.15, 0.2) is 28.0 Å². The number of rotatable bonds is 2. The Hall–Kier alpha value is -1.13. The maximum atomic E-state index is 11.9. The third-order valence-corrected chi connectivity index (χ3v) is 4.42. The van der Waals surface area contributed by atoms with Gasteiger partial charge < -0.3 is 5.11 Å². The lowest BCUT2D eigenvalue weighted by molar-refractivity contribution is 0.301. The van der Waals surface area contributed by atoms with Gasteiger partial charge in [0.2, 0.25) is 9.84 Å². The van der Waals surface area contributed by atoms with Gasteiger partial charge in [-0.3, -0.25) is 0 Å². The molecule has 15 heavy (non-hydrogen) atoms. The van der Waals surface area contributed by atoms with Gasteiger partial charge in [0.15, 0.2) is 0 Å². The van der Waals surface area contributed by atoms with Gasteiger partial charge in [-0.15, -0.1) is 0 Å². The average Bonchev–Trinajstić information content (AvgIpc) is 2.41. The number of fused-ring (bicyclic) bond motifs is 1. The van der Waals surface area contributed by atoms with Crippen LogP contribution < -0.4 is 0 Å². The van der Waals surface area contributed by atoms with E-state index in [-0.39, 0.29) is 13.0 Å². The molecule has 1 aromatic carbocycles. The molecule has 0 saturated heterocycles. The maximum absolute atomic E-state index is 11.9. The highest BCUT2D eigenvalue weighted by atomic mass is 32.2. The van der Waals surface area contributed by atoms with E-state index in [0.29, 0.717) is 9.80 Å². The normalized spacial score (nSPS) is 17.3. The standard InChI is InChI=1S/C11H12O3S/c1-8-2-3-9-7-10(4-5-12)15(13,14)11(9)6-8/h2-3,6-7,12H,4-5H2,1H3. The molecular formula is C11H12O3S. The van der Waals surface area contributed by atoms with Crippen molar-refractivity contribution in [1.82, 2.24) is 0 Å². The lowest BCUT2D eigenvalue weighted by atomic mass is 10.1. The van der Waals surface area contributed by atoms with E-state index in [1.807, 2.05) is 13.0 Å². The number of aliphatic hydroxyl groups excluding tert-OH is 1. The van der Waals surface area contributed by atoms with E-state index >= 15 is 0 Å². The van der Waals surface area contributed by atoms with Gasteiger partial charge in [0.05, 0.1) is 9.80 Å². The lowest BCUT2D eigenvalue weighted by Gasteiger charge is -2.02. The lowest BCUT2D eigenvalue weighted by Crippen LogP contribution is -2.02. The van der Waals surface area contributed by atoms with E-state index in [0.717, 1.165) is 11.1 Å². The number of hydrogen-bond acceptors (Lipinski definition) is 3. The summed E-state index contributed by atoms with van der Waals surface area (Å²) in [4.78, 5) is 0.677. The van der Waals surface area contributed by atoms with Crippen molar-refractivity contribution in [3.63, 3.8) is 0 Å². The molecule has 2 rings (SSSR count). The van der Waals surface area contributed by atoms with E-state index in [9.17, 15) is 8.42 Å². The first-order valence-electron chi connectivity index (χ1n) is 4.73.